The second kappa shape index (κ2) is 16.7. The molecule has 132 valence electrons. The van der Waals surface area contributed by atoms with Crippen molar-refractivity contribution in [3.05, 3.63) is 0 Å². The van der Waals surface area contributed by atoms with E-state index in [4.69, 9.17) is 0 Å². The smallest absolute Gasteiger partial charge is 0.810 e. The fourth-order valence-electron chi connectivity index (χ4n) is 0.776. The van der Waals surface area contributed by atoms with Crippen molar-refractivity contribution in [2.75, 3.05) is 0 Å². The third kappa shape index (κ3) is 12.7. The van der Waals surface area contributed by atoms with Crippen molar-refractivity contribution in [3.8, 4) is 0 Å². The van der Waals surface area contributed by atoms with Crippen molar-refractivity contribution in [1.29, 1.82) is 0 Å². The molecule has 0 spiro atoms. The summed E-state index contributed by atoms with van der Waals surface area (Å²) in [5.41, 5.74) is 0. The van der Waals surface area contributed by atoms with Gasteiger partial charge in [-0.1, -0.05) is 25.3 Å². The van der Waals surface area contributed by atoms with Crippen LogP contribution >= 0.6 is 30.4 Å². The molecule has 2 aliphatic heterocycles. The zero-order valence-electron chi connectivity index (χ0n) is 14.7. The van der Waals surface area contributed by atoms with Gasteiger partial charge in [-0.15, -0.1) is 18.7 Å². The van der Waals surface area contributed by atoms with Gasteiger partial charge in [0.05, 0.1) is 10.8 Å². The predicted octanol–water partition coefficient (Wildman–Crippen LogP) is -13.3. The summed E-state index contributed by atoms with van der Waals surface area (Å²) in [4.78, 5) is 41.0. The molecule has 2 fully saturated rings. The summed E-state index contributed by atoms with van der Waals surface area (Å²) < 4.78 is 57.7. The van der Waals surface area contributed by atoms with Gasteiger partial charge in [0, 0.05) is 0 Å². The first-order valence-electron chi connectivity index (χ1n) is 5.05. The fraction of sp³-hybridized carbons (Fsp3) is 1.00. The molecule has 0 N–H and O–H groups in total. The van der Waals surface area contributed by atoms with Gasteiger partial charge in [-0.2, -0.15) is 0 Å². The van der Waals surface area contributed by atoms with E-state index in [2.05, 4.69) is 28.8 Å². The topological polar surface area (TPSA) is 216 Å². The minimum Gasteiger partial charge on any atom is -0.810 e. The summed E-state index contributed by atoms with van der Waals surface area (Å²) in [6.45, 7) is 1.87. The summed E-state index contributed by atoms with van der Waals surface area (Å²) in [7, 11) is -17.5. The Labute approximate surface area is 318 Å². The Morgan fingerprint density at radius 3 is 0.885 bits per heavy atom. The van der Waals surface area contributed by atoms with Gasteiger partial charge < -0.3 is 28.7 Å². The minimum absolute atomic E-state index is 0. The summed E-state index contributed by atoms with van der Waals surface area (Å²) in [6.07, 6.45) is 0. The molecule has 2 heterocycles. The van der Waals surface area contributed by atoms with Gasteiger partial charge >= 0.3 is 221 Å². The Bertz CT molecular complexity index is 534. The van der Waals surface area contributed by atoms with Crippen molar-refractivity contribution >= 4 is 30.4 Å². The fourth-order valence-corrected chi connectivity index (χ4v) is 4.87. The number of hydrogen-bond acceptors (Lipinski definition) is 14. The van der Waals surface area contributed by atoms with E-state index >= 15 is 0 Å². The molecule has 2 rings (SSSR count). The Morgan fingerprint density at radius 2 is 0.846 bits per heavy atom. The maximum Gasteiger partial charge on any atom is 1.00 e. The Morgan fingerprint density at radius 1 is 0.654 bits per heavy atom. The number of hydrogen-bond donors (Lipinski definition) is 0. The third-order valence-corrected chi connectivity index (χ3v) is 10.5. The van der Waals surface area contributed by atoms with Crippen LogP contribution in [0.15, 0.2) is 0 Å². The monoisotopic (exact) mass is 560 g/mol. The van der Waals surface area contributed by atoms with Crippen LogP contribution in [0, 0.1) is 0 Å². The molecule has 0 saturated carbocycles. The second-order valence-corrected chi connectivity index (χ2v) is 12.7. The molecule has 14 nitrogen and oxygen atoms in total. The van der Waals surface area contributed by atoms with Crippen molar-refractivity contribution in [2.45, 2.75) is 24.6 Å². The average molecular weight is 560 g/mol. The van der Waals surface area contributed by atoms with E-state index in [-0.39, 0.29) is 206 Å². The standard InChI is InChI=1S/2C2H6O7P2.4K/c2*1-2(10(3,4)5)11(6)8-7-9-11;;;;/h2*2H,1H3,(H2,3,4,5);;;;/q;;4*+1/p-4. The Kier molecular flexibility index (Phi) is 25.8. The van der Waals surface area contributed by atoms with Crippen molar-refractivity contribution in [1.82, 2.24) is 0 Å². The molecule has 0 aromatic carbocycles. The molecular weight excluding hydrogens is 552 g/mol. The van der Waals surface area contributed by atoms with Gasteiger partial charge in [0.2, 0.25) is 0 Å². The minimum atomic E-state index is -4.94. The van der Waals surface area contributed by atoms with Crippen LogP contribution in [0.4, 0.5) is 0 Å². The van der Waals surface area contributed by atoms with E-state index < -0.39 is 41.2 Å². The summed E-state index contributed by atoms with van der Waals surface area (Å²) in [5.74, 6) is 0. The first-order chi connectivity index (χ1) is 9.72. The normalized spacial score (nSPS) is 21.8. The molecule has 0 aromatic rings. The number of rotatable bonds is 4. The quantitative estimate of drug-likeness (QED) is 0.177. The molecule has 0 amide bonds. The molecule has 2 aliphatic rings. The second-order valence-electron chi connectivity index (χ2n) is 3.86. The van der Waals surface area contributed by atoms with Crippen LogP contribution in [0.5, 0.6) is 0 Å². The van der Waals surface area contributed by atoms with E-state index in [1.54, 1.807) is 0 Å². The van der Waals surface area contributed by atoms with Crippen molar-refractivity contribution in [3.63, 3.8) is 0 Å². The van der Waals surface area contributed by atoms with Crippen LogP contribution in [0.3, 0.4) is 0 Å². The van der Waals surface area contributed by atoms with Gasteiger partial charge in [0.15, 0.2) is 0 Å². The van der Waals surface area contributed by atoms with Crippen molar-refractivity contribution in [2.24, 2.45) is 0 Å². The first-order valence-corrected chi connectivity index (χ1v) is 11.5. The Balaban J connectivity index is -0.000000161. The molecule has 0 radical (unpaired) electrons. The summed E-state index contributed by atoms with van der Waals surface area (Å²) in [6, 6.07) is 0. The van der Waals surface area contributed by atoms with Crippen LogP contribution in [0.25, 0.3) is 0 Å². The molecule has 2 saturated heterocycles. The van der Waals surface area contributed by atoms with Crippen molar-refractivity contribution < 1.29 is 272 Å². The van der Waals surface area contributed by atoms with E-state index in [1.807, 2.05) is 0 Å². The van der Waals surface area contributed by atoms with Gasteiger partial charge in [-0.3, -0.25) is 9.13 Å². The Hall–Kier alpha value is 7.07. The maximum atomic E-state index is 10.9. The molecular formula is C4H8K4O14P4. The molecule has 0 aliphatic carbocycles. The molecule has 26 heavy (non-hydrogen) atoms. The zero-order chi connectivity index (χ0) is 17.4. The molecule has 2 unspecified atom stereocenters. The average Bonchev–Trinajstić information content (AvgIpc) is 2.29. The van der Waals surface area contributed by atoms with Crippen LogP contribution in [-0.2, 0) is 47.0 Å². The molecule has 2 atom stereocenters. The summed E-state index contributed by atoms with van der Waals surface area (Å²) in [5, 5.41) is 3.77. The van der Waals surface area contributed by atoms with Gasteiger partial charge in [-0.25, -0.2) is 0 Å². The molecule has 0 bridgehead atoms. The van der Waals surface area contributed by atoms with E-state index in [0.717, 1.165) is 13.8 Å². The molecule has 22 heteroatoms. The molecule has 0 aromatic heterocycles. The predicted molar refractivity (Wildman–Crippen MR) is 55.9 cm³/mol. The van der Waals surface area contributed by atoms with Crippen LogP contribution < -0.4 is 225 Å². The van der Waals surface area contributed by atoms with Gasteiger partial charge in [0.25, 0.3) is 0 Å². The van der Waals surface area contributed by atoms with E-state index in [1.165, 1.54) is 0 Å². The first kappa shape index (κ1) is 40.2. The van der Waals surface area contributed by atoms with Gasteiger partial charge in [0.1, 0.15) is 0 Å². The largest absolute Gasteiger partial charge is 1.00 e. The zero-order valence-corrected chi connectivity index (χ0v) is 30.7. The van der Waals surface area contributed by atoms with Crippen LogP contribution in [-0.4, -0.2) is 10.8 Å². The van der Waals surface area contributed by atoms with E-state index in [0.29, 0.717) is 0 Å². The van der Waals surface area contributed by atoms with Crippen LogP contribution in [0.2, 0.25) is 0 Å². The SMILES string of the molecule is CC(P(=O)([O-])[O-])P1(=O)OOO1.CC(P(=O)([O-])[O-])P1(=O)OOO1.[K+].[K+].[K+].[K+]. The van der Waals surface area contributed by atoms with Gasteiger partial charge in [-0.05, 0) is 13.8 Å². The third-order valence-electron chi connectivity index (χ3n) is 2.37. The summed E-state index contributed by atoms with van der Waals surface area (Å²) >= 11 is 0. The maximum absolute atomic E-state index is 10.9. The van der Waals surface area contributed by atoms with E-state index in [9.17, 15) is 37.8 Å². The van der Waals surface area contributed by atoms with Crippen LogP contribution in [0.1, 0.15) is 13.8 Å².